The number of carbonyl (C=O) groups excluding carboxylic acids is 3. The smallest absolute Gasteiger partial charge is 0.407 e. The number of alkyl carbamates (subject to hydrolysis) is 1. The topological polar surface area (TPSA) is 90.9 Å². The van der Waals surface area contributed by atoms with Gasteiger partial charge in [0.05, 0.1) is 20.3 Å². The molecule has 2 atom stereocenters. The maximum absolute atomic E-state index is 12.2. The lowest BCUT2D eigenvalue weighted by Crippen LogP contribution is -2.48. The van der Waals surface area contributed by atoms with Crippen LogP contribution in [0, 0.1) is 5.92 Å². The number of aryl methyl sites for hydroxylation is 1. The van der Waals surface area contributed by atoms with Gasteiger partial charge in [-0.2, -0.15) is 0 Å². The number of rotatable bonds is 9. The van der Waals surface area contributed by atoms with E-state index in [1.54, 1.807) is 0 Å². The molecule has 7 heteroatoms. The third-order valence-electron chi connectivity index (χ3n) is 3.57. The van der Waals surface area contributed by atoms with Gasteiger partial charge in [0.2, 0.25) is 0 Å². The van der Waals surface area contributed by atoms with Crippen molar-refractivity contribution in [1.29, 1.82) is 0 Å². The highest BCUT2D eigenvalue weighted by molar-refractivity contribution is 6.00. The molecule has 0 saturated carbocycles. The monoisotopic (exact) mass is 337 g/mol. The minimum atomic E-state index is -1.15. The van der Waals surface area contributed by atoms with Crippen LogP contribution < -0.4 is 5.32 Å². The van der Waals surface area contributed by atoms with Gasteiger partial charge in [0, 0.05) is 7.11 Å². The summed E-state index contributed by atoms with van der Waals surface area (Å²) in [6, 6.07) is 8.79. The average molecular weight is 337 g/mol. The predicted molar refractivity (Wildman–Crippen MR) is 86.5 cm³/mol. The largest absolute Gasteiger partial charge is 0.468 e. The first-order chi connectivity index (χ1) is 11.5. The summed E-state index contributed by atoms with van der Waals surface area (Å²) in [5, 5.41) is 2.55. The summed E-state index contributed by atoms with van der Waals surface area (Å²) in [4.78, 5) is 35.9. The Morgan fingerprint density at radius 3 is 2.25 bits per heavy atom. The van der Waals surface area contributed by atoms with Crippen molar-refractivity contribution >= 4 is 17.8 Å². The van der Waals surface area contributed by atoms with E-state index < -0.39 is 29.8 Å². The lowest BCUT2D eigenvalue weighted by Gasteiger charge is -2.24. The second-order valence-corrected chi connectivity index (χ2v) is 5.17. The van der Waals surface area contributed by atoms with Gasteiger partial charge in [0.25, 0.3) is 0 Å². The molecule has 1 N–H and O–H groups in total. The number of methoxy groups -OCH3 is 3. The van der Waals surface area contributed by atoms with E-state index in [4.69, 9.17) is 9.47 Å². The molecule has 0 radical (unpaired) electrons. The van der Waals surface area contributed by atoms with Crippen LogP contribution in [-0.4, -0.2) is 51.8 Å². The number of benzene rings is 1. The first kappa shape index (κ1) is 19.6. The summed E-state index contributed by atoms with van der Waals surface area (Å²) >= 11 is 0. The lowest BCUT2D eigenvalue weighted by atomic mass is 9.90. The van der Waals surface area contributed by atoms with Gasteiger partial charge in [-0.05, 0) is 18.4 Å². The fourth-order valence-corrected chi connectivity index (χ4v) is 2.38. The van der Waals surface area contributed by atoms with E-state index in [1.807, 2.05) is 30.3 Å². The molecule has 1 aromatic rings. The number of esters is 1. The zero-order valence-electron chi connectivity index (χ0n) is 14.1. The number of carbonyl (C=O) groups is 3. The molecule has 0 spiro atoms. The lowest BCUT2D eigenvalue weighted by molar-refractivity contribution is -0.151. The second kappa shape index (κ2) is 10.4. The highest BCUT2D eigenvalue weighted by atomic mass is 16.5. The standard InChI is InChI=1S/C17H23NO6/c1-22-11-14(19)15(16(20)23-2)13(18-17(21)24-3)10-9-12-7-5-4-6-8-12/h4-8,13,15H,9-11H2,1-3H3,(H,18,21)/t13-,15?/m0/s1. The number of nitrogens with one attached hydrogen (secondary N) is 1. The maximum Gasteiger partial charge on any atom is 0.407 e. The molecule has 24 heavy (non-hydrogen) atoms. The van der Waals surface area contributed by atoms with Gasteiger partial charge in [-0.3, -0.25) is 9.59 Å². The fraction of sp³-hybridized carbons (Fsp3) is 0.471. The molecular weight excluding hydrogens is 314 g/mol. The summed E-state index contributed by atoms with van der Waals surface area (Å²) in [7, 11) is 3.77. The molecule has 0 aliphatic rings. The van der Waals surface area contributed by atoms with Crippen molar-refractivity contribution in [2.24, 2.45) is 5.92 Å². The molecule has 0 saturated heterocycles. The first-order valence-electron chi connectivity index (χ1n) is 7.51. The number of ketones is 1. The molecule has 0 aliphatic carbocycles. The molecule has 1 unspecified atom stereocenters. The van der Waals surface area contributed by atoms with Crippen molar-refractivity contribution in [3.8, 4) is 0 Å². The van der Waals surface area contributed by atoms with Crippen LogP contribution in [0.15, 0.2) is 30.3 Å². The van der Waals surface area contributed by atoms with Crippen LogP contribution in [0.3, 0.4) is 0 Å². The Hall–Kier alpha value is -2.41. The van der Waals surface area contributed by atoms with Gasteiger partial charge < -0.3 is 19.5 Å². The number of hydrogen-bond donors (Lipinski definition) is 1. The number of ether oxygens (including phenoxy) is 3. The Morgan fingerprint density at radius 2 is 1.71 bits per heavy atom. The Balaban J connectivity index is 2.95. The molecule has 1 amide bonds. The minimum absolute atomic E-state index is 0.246. The molecule has 0 aromatic heterocycles. The quantitative estimate of drug-likeness (QED) is 0.540. The van der Waals surface area contributed by atoms with Crippen molar-refractivity contribution < 1.29 is 28.6 Å². The van der Waals surface area contributed by atoms with Gasteiger partial charge in [-0.25, -0.2) is 4.79 Å². The SMILES string of the molecule is COCC(=O)C(C(=O)OC)[C@H](CCc1ccccc1)NC(=O)OC. The van der Waals surface area contributed by atoms with E-state index in [-0.39, 0.29) is 6.61 Å². The Morgan fingerprint density at radius 1 is 1.04 bits per heavy atom. The van der Waals surface area contributed by atoms with E-state index in [2.05, 4.69) is 10.1 Å². The Kier molecular flexibility index (Phi) is 8.49. The highest BCUT2D eigenvalue weighted by Crippen LogP contribution is 2.16. The van der Waals surface area contributed by atoms with Crippen LogP contribution in [0.5, 0.6) is 0 Å². The van der Waals surface area contributed by atoms with Crippen LogP contribution in [0.4, 0.5) is 4.79 Å². The van der Waals surface area contributed by atoms with Gasteiger partial charge in [0.15, 0.2) is 5.78 Å². The average Bonchev–Trinajstić information content (AvgIpc) is 2.60. The predicted octanol–water partition coefficient (Wildman–Crippen LogP) is 1.35. The molecule has 0 aliphatic heterocycles. The van der Waals surface area contributed by atoms with E-state index in [0.29, 0.717) is 12.8 Å². The fourth-order valence-electron chi connectivity index (χ4n) is 2.38. The van der Waals surface area contributed by atoms with Crippen LogP contribution in [0.25, 0.3) is 0 Å². The summed E-state index contributed by atoms with van der Waals surface area (Å²) in [5.74, 6) is -2.33. The zero-order chi connectivity index (χ0) is 17.9. The second-order valence-electron chi connectivity index (χ2n) is 5.17. The number of amides is 1. The highest BCUT2D eigenvalue weighted by Gasteiger charge is 2.36. The molecule has 0 heterocycles. The van der Waals surface area contributed by atoms with E-state index in [9.17, 15) is 14.4 Å². The molecule has 0 bridgehead atoms. The Labute approximate surface area is 141 Å². The van der Waals surface area contributed by atoms with Crippen molar-refractivity contribution in [2.45, 2.75) is 18.9 Å². The van der Waals surface area contributed by atoms with Crippen LogP contribution >= 0.6 is 0 Å². The molecule has 1 aromatic carbocycles. The van der Waals surface area contributed by atoms with Crippen LogP contribution in [0.1, 0.15) is 12.0 Å². The first-order valence-corrected chi connectivity index (χ1v) is 7.51. The normalized spacial score (nSPS) is 12.8. The van der Waals surface area contributed by atoms with Crippen molar-refractivity contribution in [1.82, 2.24) is 5.32 Å². The summed E-state index contributed by atoms with van der Waals surface area (Å²) in [6.07, 6.45) is 0.226. The Bertz CT molecular complexity index is 545. The van der Waals surface area contributed by atoms with Crippen molar-refractivity contribution in [3.63, 3.8) is 0 Å². The maximum atomic E-state index is 12.2. The van der Waals surface area contributed by atoms with Crippen LogP contribution in [0.2, 0.25) is 0 Å². The molecule has 7 nitrogen and oxygen atoms in total. The van der Waals surface area contributed by atoms with Gasteiger partial charge >= 0.3 is 12.1 Å². The van der Waals surface area contributed by atoms with E-state index in [1.165, 1.54) is 21.3 Å². The summed E-state index contributed by atoms with van der Waals surface area (Å²) in [5.41, 5.74) is 1.02. The number of Topliss-reactive ketones (excluding diaryl/α,β-unsaturated/α-hetero) is 1. The third-order valence-corrected chi connectivity index (χ3v) is 3.57. The number of hydrogen-bond acceptors (Lipinski definition) is 6. The van der Waals surface area contributed by atoms with Crippen LogP contribution in [-0.2, 0) is 30.2 Å². The van der Waals surface area contributed by atoms with E-state index >= 15 is 0 Å². The summed E-state index contributed by atoms with van der Waals surface area (Å²) in [6.45, 7) is -0.246. The van der Waals surface area contributed by atoms with Gasteiger partial charge in [-0.15, -0.1) is 0 Å². The summed E-state index contributed by atoms with van der Waals surface area (Å²) < 4.78 is 14.1. The molecule has 0 fully saturated rings. The van der Waals surface area contributed by atoms with Gasteiger partial charge in [0.1, 0.15) is 12.5 Å². The van der Waals surface area contributed by atoms with E-state index in [0.717, 1.165) is 5.56 Å². The van der Waals surface area contributed by atoms with Crippen molar-refractivity contribution in [3.05, 3.63) is 35.9 Å². The van der Waals surface area contributed by atoms with Crippen molar-refractivity contribution in [2.75, 3.05) is 27.9 Å². The minimum Gasteiger partial charge on any atom is -0.468 e. The third kappa shape index (κ3) is 6.00. The molecule has 1 rings (SSSR count). The molecular formula is C17H23NO6. The van der Waals surface area contributed by atoms with Gasteiger partial charge in [-0.1, -0.05) is 30.3 Å². The zero-order valence-corrected chi connectivity index (χ0v) is 14.1. The molecule has 132 valence electrons.